The first-order valence-electron chi connectivity index (χ1n) is 4.54. The number of carbonyl (C=O) groups excluding carboxylic acids is 1. The molecule has 0 radical (unpaired) electrons. The summed E-state index contributed by atoms with van der Waals surface area (Å²) in [5.74, 6) is -0.193. The summed E-state index contributed by atoms with van der Waals surface area (Å²) >= 11 is 1.64. The first kappa shape index (κ1) is 9.61. The van der Waals surface area contributed by atoms with Crippen LogP contribution in [-0.4, -0.2) is 34.0 Å². The number of aromatic nitrogens is 1. The number of aryl methyl sites for hydroxylation is 1. The number of nitrogens with zero attached hydrogens (tertiary/aromatic N) is 2. The van der Waals surface area contributed by atoms with E-state index >= 15 is 0 Å². The van der Waals surface area contributed by atoms with Crippen LogP contribution in [0.5, 0.6) is 0 Å². The minimum atomic E-state index is -0.396. The molecule has 0 aliphatic carbocycles. The minimum absolute atomic E-state index is 0.193. The molecule has 0 unspecified atom stereocenters. The Morgan fingerprint density at radius 3 is 3.21 bits per heavy atom. The maximum atomic E-state index is 11.2. The molecule has 4 nitrogen and oxygen atoms in total. The molecule has 1 aromatic heterocycles. The number of amides is 1. The number of hydrogen-bond acceptors (Lipinski definition) is 4. The molecule has 5 heteroatoms. The molecule has 1 aromatic rings. The summed E-state index contributed by atoms with van der Waals surface area (Å²) in [6.07, 6.45) is 0.811. The average Bonchev–Trinajstić information content (AvgIpc) is 2.55. The van der Waals surface area contributed by atoms with Crippen molar-refractivity contribution in [3.8, 4) is 0 Å². The summed E-state index contributed by atoms with van der Waals surface area (Å²) in [5, 5.41) is 9.79. The highest BCUT2D eigenvalue weighted by Crippen LogP contribution is 2.24. The van der Waals surface area contributed by atoms with Crippen LogP contribution in [0.4, 0.5) is 0 Å². The zero-order chi connectivity index (χ0) is 10.1. The van der Waals surface area contributed by atoms with Crippen LogP contribution in [0.25, 0.3) is 0 Å². The molecule has 0 atom stereocenters. The minimum Gasteiger partial charge on any atom is -0.387 e. The van der Waals surface area contributed by atoms with Crippen molar-refractivity contribution in [2.75, 3.05) is 13.2 Å². The highest BCUT2D eigenvalue weighted by molar-refractivity contribution is 7.11. The molecule has 0 saturated carbocycles. The monoisotopic (exact) mass is 212 g/mol. The fourth-order valence-corrected chi connectivity index (χ4v) is 2.64. The maximum Gasteiger partial charge on any atom is 0.248 e. The molecule has 0 aromatic carbocycles. The van der Waals surface area contributed by atoms with E-state index in [1.165, 1.54) is 0 Å². The Morgan fingerprint density at radius 2 is 2.50 bits per heavy atom. The van der Waals surface area contributed by atoms with Crippen molar-refractivity contribution in [1.29, 1.82) is 0 Å². The lowest BCUT2D eigenvalue weighted by atomic mass is 10.2. The van der Waals surface area contributed by atoms with Gasteiger partial charge in [0.1, 0.15) is 6.61 Å². The van der Waals surface area contributed by atoms with Crippen molar-refractivity contribution in [3.05, 3.63) is 15.6 Å². The van der Waals surface area contributed by atoms with E-state index in [0.717, 1.165) is 22.0 Å². The maximum absolute atomic E-state index is 11.2. The van der Waals surface area contributed by atoms with Crippen LogP contribution in [0.2, 0.25) is 0 Å². The van der Waals surface area contributed by atoms with E-state index in [0.29, 0.717) is 13.1 Å². The van der Waals surface area contributed by atoms with Gasteiger partial charge in [-0.1, -0.05) is 0 Å². The SMILES string of the molecule is Cc1nc2c(s1)CN(C(=O)CO)CC2. The van der Waals surface area contributed by atoms with Gasteiger partial charge in [-0.3, -0.25) is 4.79 Å². The second-order valence-corrected chi connectivity index (χ2v) is 4.61. The topological polar surface area (TPSA) is 53.4 Å². The molecule has 2 rings (SSSR count). The summed E-state index contributed by atoms with van der Waals surface area (Å²) in [7, 11) is 0. The normalized spacial score (nSPS) is 15.4. The third-order valence-electron chi connectivity index (χ3n) is 2.33. The van der Waals surface area contributed by atoms with Gasteiger partial charge in [-0.05, 0) is 6.92 Å². The van der Waals surface area contributed by atoms with Gasteiger partial charge in [0.15, 0.2) is 0 Å². The van der Waals surface area contributed by atoms with Crippen LogP contribution in [0.1, 0.15) is 15.6 Å². The average molecular weight is 212 g/mol. The lowest BCUT2D eigenvalue weighted by Crippen LogP contribution is -2.37. The first-order valence-corrected chi connectivity index (χ1v) is 5.36. The molecule has 76 valence electrons. The Morgan fingerprint density at radius 1 is 1.71 bits per heavy atom. The van der Waals surface area contributed by atoms with Crippen molar-refractivity contribution < 1.29 is 9.90 Å². The molecule has 0 saturated heterocycles. The molecule has 1 N–H and O–H groups in total. The molecule has 2 heterocycles. The summed E-state index contributed by atoms with van der Waals surface area (Å²) in [6, 6.07) is 0. The zero-order valence-corrected chi connectivity index (χ0v) is 8.80. The molecular weight excluding hydrogens is 200 g/mol. The second kappa shape index (κ2) is 3.67. The lowest BCUT2D eigenvalue weighted by molar-refractivity contribution is -0.135. The third kappa shape index (κ3) is 1.65. The fraction of sp³-hybridized carbons (Fsp3) is 0.556. The van der Waals surface area contributed by atoms with Crippen molar-refractivity contribution in [2.45, 2.75) is 19.9 Å². The number of fused-ring (bicyclic) bond motifs is 1. The van der Waals surface area contributed by atoms with Gasteiger partial charge in [-0.2, -0.15) is 0 Å². The lowest BCUT2D eigenvalue weighted by Gasteiger charge is -2.25. The van der Waals surface area contributed by atoms with Gasteiger partial charge in [-0.25, -0.2) is 4.98 Å². The highest BCUT2D eigenvalue weighted by atomic mass is 32.1. The fourth-order valence-electron chi connectivity index (χ4n) is 1.64. The van der Waals surface area contributed by atoms with Gasteiger partial charge < -0.3 is 10.0 Å². The van der Waals surface area contributed by atoms with Crippen LogP contribution >= 0.6 is 11.3 Å². The summed E-state index contributed by atoms with van der Waals surface area (Å²) in [5.41, 5.74) is 1.12. The van der Waals surface area contributed by atoms with Crippen molar-refractivity contribution >= 4 is 17.2 Å². The first-order chi connectivity index (χ1) is 6.70. The predicted molar refractivity (Wildman–Crippen MR) is 53.1 cm³/mol. The van der Waals surface area contributed by atoms with E-state index in [1.54, 1.807) is 16.2 Å². The van der Waals surface area contributed by atoms with Gasteiger partial charge in [0, 0.05) is 17.8 Å². The number of aliphatic hydroxyl groups is 1. The molecule has 1 aliphatic heterocycles. The Balaban J connectivity index is 2.16. The van der Waals surface area contributed by atoms with Gasteiger partial charge in [-0.15, -0.1) is 11.3 Å². The predicted octanol–water partition coefficient (Wildman–Crippen LogP) is 0.329. The number of rotatable bonds is 1. The third-order valence-corrected chi connectivity index (χ3v) is 3.32. The standard InChI is InChI=1S/C9H12N2O2S/c1-6-10-7-2-3-11(9(13)5-12)4-8(7)14-6/h12H,2-5H2,1H3. The van der Waals surface area contributed by atoms with Crippen molar-refractivity contribution in [1.82, 2.24) is 9.88 Å². The second-order valence-electron chi connectivity index (χ2n) is 3.33. The quantitative estimate of drug-likeness (QED) is 0.730. The van der Waals surface area contributed by atoms with Gasteiger partial charge in [0.05, 0.1) is 17.2 Å². The Hall–Kier alpha value is -0.940. The van der Waals surface area contributed by atoms with E-state index in [2.05, 4.69) is 4.98 Å². The summed E-state index contributed by atoms with van der Waals surface area (Å²) < 4.78 is 0. The molecule has 1 aliphatic rings. The van der Waals surface area contributed by atoms with Crippen LogP contribution < -0.4 is 0 Å². The Labute approximate surface area is 86.2 Å². The summed E-state index contributed by atoms with van der Waals surface area (Å²) in [6.45, 7) is 2.87. The Bertz CT molecular complexity index is 362. The van der Waals surface area contributed by atoms with Gasteiger partial charge in [0.25, 0.3) is 0 Å². The van der Waals surface area contributed by atoms with E-state index < -0.39 is 6.61 Å². The van der Waals surface area contributed by atoms with Crippen molar-refractivity contribution in [2.24, 2.45) is 0 Å². The molecule has 14 heavy (non-hydrogen) atoms. The number of hydrogen-bond donors (Lipinski definition) is 1. The highest BCUT2D eigenvalue weighted by Gasteiger charge is 2.22. The molecule has 0 bridgehead atoms. The molecule has 0 fully saturated rings. The van der Waals surface area contributed by atoms with Crippen LogP contribution in [0.3, 0.4) is 0 Å². The van der Waals surface area contributed by atoms with Crippen molar-refractivity contribution in [3.63, 3.8) is 0 Å². The summed E-state index contributed by atoms with van der Waals surface area (Å²) in [4.78, 5) is 18.5. The van der Waals surface area contributed by atoms with Crippen LogP contribution in [-0.2, 0) is 17.8 Å². The van der Waals surface area contributed by atoms with Gasteiger partial charge >= 0.3 is 0 Å². The van der Waals surface area contributed by atoms with E-state index in [4.69, 9.17) is 5.11 Å². The van der Waals surface area contributed by atoms with Crippen LogP contribution in [0.15, 0.2) is 0 Å². The van der Waals surface area contributed by atoms with E-state index in [-0.39, 0.29) is 5.91 Å². The van der Waals surface area contributed by atoms with Crippen LogP contribution in [0, 0.1) is 6.92 Å². The number of carbonyl (C=O) groups is 1. The van der Waals surface area contributed by atoms with E-state index in [1.807, 2.05) is 6.92 Å². The zero-order valence-electron chi connectivity index (χ0n) is 7.99. The van der Waals surface area contributed by atoms with E-state index in [9.17, 15) is 4.79 Å². The Kier molecular flexibility index (Phi) is 2.52. The smallest absolute Gasteiger partial charge is 0.248 e. The largest absolute Gasteiger partial charge is 0.387 e. The molecular formula is C9H12N2O2S. The number of aliphatic hydroxyl groups excluding tert-OH is 1. The molecule has 1 amide bonds. The number of thiazole rings is 1. The molecule has 0 spiro atoms. The van der Waals surface area contributed by atoms with Gasteiger partial charge in [0.2, 0.25) is 5.91 Å².